The molecule has 0 spiro atoms. The minimum Gasteiger partial charge on any atom is -0.357 e. The second-order valence-electron chi connectivity index (χ2n) is 3.15. The van der Waals surface area contributed by atoms with E-state index in [1.165, 1.54) is 11.8 Å². The van der Waals surface area contributed by atoms with Gasteiger partial charge in [-0.3, -0.25) is 10.2 Å². The highest BCUT2D eigenvalue weighted by molar-refractivity contribution is 8.04. The fourth-order valence-corrected chi connectivity index (χ4v) is 2.34. The van der Waals surface area contributed by atoms with Crippen LogP contribution in [0, 0.1) is 0 Å². The number of carbonyl (C=O) groups is 1. The summed E-state index contributed by atoms with van der Waals surface area (Å²) in [5.41, 5.74) is 3.98. The van der Waals surface area contributed by atoms with Crippen molar-refractivity contribution in [2.24, 2.45) is 5.84 Å². The van der Waals surface area contributed by atoms with E-state index in [0.717, 1.165) is 16.3 Å². The topological polar surface area (TPSA) is 67.2 Å². The number of nitrogens with two attached hydrogens (primary N) is 1. The normalized spacial score (nSPS) is 14.3. The molecule has 0 unspecified atom stereocenters. The highest BCUT2D eigenvalue weighted by Crippen LogP contribution is 2.39. The summed E-state index contributed by atoms with van der Waals surface area (Å²) in [6, 6.07) is 7.83. The minimum absolute atomic E-state index is 0.264. The van der Waals surface area contributed by atoms with E-state index in [1.54, 1.807) is 0 Å². The largest absolute Gasteiger partial charge is 0.357 e. The third kappa shape index (κ3) is 1.84. The lowest BCUT2D eigenvalue weighted by molar-refractivity contribution is -0.116. The molecule has 15 heavy (non-hydrogen) atoms. The van der Waals surface area contributed by atoms with Crippen LogP contribution >= 0.6 is 11.8 Å². The van der Waals surface area contributed by atoms with Crippen LogP contribution in [0.4, 0.5) is 5.69 Å². The van der Waals surface area contributed by atoms with Crippen molar-refractivity contribution in [1.29, 1.82) is 0 Å². The number of benzene rings is 1. The molecule has 0 atom stereocenters. The molecule has 0 bridgehead atoms. The Morgan fingerprint density at radius 2 is 2.20 bits per heavy atom. The van der Waals surface area contributed by atoms with Gasteiger partial charge >= 0.3 is 0 Å². The Labute approximate surface area is 91.9 Å². The van der Waals surface area contributed by atoms with Crippen molar-refractivity contribution in [1.82, 2.24) is 5.43 Å². The molecule has 1 aliphatic rings. The van der Waals surface area contributed by atoms with Gasteiger partial charge in [0.1, 0.15) is 0 Å². The maximum atomic E-state index is 11.4. The summed E-state index contributed by atoms with van der Waals surface area (Å²) in [6.07, 6.45) is 0. The Morgan fingerprint density at radius 3 is 2.93 bits per heavy atom. The molecule has 5 heteroatoms. The summed E-state index contributed by atoms with van der Waals surface area (Å²) in [5.74, 6) is 4.85. The highest BCUT2D eigenvalue weighted by atomic mass is 32.2. The van der Waals surface area contributed by atoms with Crippen LogP contribution in [0.15, 0.2) is 39.8 Å². The maximum absolute atomic E-state index is 11.4. The monoisotopic (exact) mass is 221 g/mol. The first-order valence-electron chi connectivity index (χ1n) is 4.48. The number of hydrogen-bond donors (Lipinski definition) is 3. The van der Waals surface area contributed by atoms with Crippen molar-refractivity contribution in [3.05, 3.63) is 34.9 Å². The van der Waals surface area contributed by atoms with E-state index in [0.29, 0.717) is 4.91 Å². The molecule has 78 valence electrons. The van der Waals surface area contributed by atoms with Crippen LogP contribution in [0.5, 0.6) is 0 Å². The lowest BCUT2D eigenvalue weighted by Crippen LogP contribution is -2.32. The van der Waals surface area contributed by atoms with Crippen molar-refractivity contribution in [3.8, 4) is 0 Å². The number of anilines is 1. The Hall–Kier alpha value is -1.46. The molecule has 1 aliphatic heterocycles. The number of para-hydroxylation sites is 1. The zero-order chi connectivity index (χ0) is 10.8. The number of amides is 1. The number of rotatable bonds is 1. The third-order valence-corrected chi connectivity index (χ3v) is 3.37. The molecule has 1 amide bonds. The number of nitrogens with one attached hydrogen (secondary N) is 2. The van der Waals surface area contributed by atoms with Crippen molar-refractivity contribution >= 4 is 23.4 Å². The lowest BCUT2D eigenvalue weighted by atomic mass is 10.3. The van der Waals surface area contributed by atoms with E-state index >= 15 is 0 Å². The molecular formula is C10H11N3OS. The van der Waals surface area contributed by atoms with Crippen molar-refractivity contribution < 1.29 is 4.79 Å². The summed E-state index contributed by atoms with van der Waals surface area (Å²) in [4.78, 5) is 13.1. The van der Waals surface area contributed by atoms with Crippen LogP contribution in [-0.4, -0.2) is 5.91 Å². The Morgan fingerprint density at radius 1 is 1.47 bits per heavy atom. The van der Waals surface area contributed by atoms with Gasteiger partial charge in [0.05, 0.1) is 10.6 Å². The van der Waals surface area contributed by atoms with Crippen molar-refractivity contribution in [2.75, 3.05) is 5.32 Å². The van der Waals surface area contributed by atoms with Gasteiger partial charge in [-0.25, -0.2) is 5.84 Å². The minimum atomic E-state index is -0.264. The van der Waals surface area contributed by atoms with Gasteiger partial charge in [0.2, 0.25) is 0 Å². The van der Waals surface area contributed by atoms with Crippen LogP contribution in [0.1, 0.15) is 6.92 Å². The molecule has 0 radical (unpaired) electrons. The smallest absolute Gasteiger partial charge is 0.273 e. The van der Waals surface area contributed by atoms with Gasteiger partial charge in [0, 0.05) is 10.6 Å². The molecule has 1 heterocycles. The molecule has 2 rings (SSSR count). The van der Waals surface area contributed by atoms with Crippen LogP contribution in [0.2, 0.25) is 0 Å². The zero-order valence-electron chi connectivity index (χ0n) is 8.20. The average molecular weight is 221 g/mol. The van der Waals surface area contributed by atoms with E-state index in [-0.39, 0.29) is 5.91 Å². The van der Waals surface area contributed by atoms with E-state index in [9.17, 15) is 4.79 Å². The summed E-state index contributed by atoms with van der Waals surface area (Å²) in [5, 5.41) is 3.17. The van der Waals surface area contributed by atoms with Gasteiger partial charge < -0.3 is 5.32 Å². The number of fused-ring (bicyclic) bond motifs is 1. The summed E-state index contributed by atoms with van der Waals surface area (Å²) < 4.78 is 0. The molecule has 4 N–H and O–H groups in total. The predicted molar refractivity (Wildman–Crippen MR) is 61.0 cm³/mol. The Kier molecular flexibility index (Phi) is 2.66. The lowest BCUT2D eigenvalue weighted by Gasteiger charge is -2.20. The van der Waals surface area contributed by atoms with Crippen LogP contribution < -0.4 is 16.6 Å². The molecule has 0 saturated carbocycles. The third-order valence-electron chi connectivity index (χ3n) is 2.10. The van der Waals surface area contributed by atoms with Crippen LogP contribution in [0.3, 0.4) is 0 Å². The van der Waals surface area contributed by atoms with Gasteiger partial charge in [-0.2, -0.15) is 0 Å². The van der Waals surface area contributed by atoms with E-state index in [2.05, 4.69) is 10.7 Å². The van der Waals surface area contributed by atoms with Gasteiger partial charge in [0.25, 0.3) is 5.91 Å². The summed E-state index contributed by atoms with van der Waals surface area (Å²) >= 11 is 1.42. The second kappa shape index (κ2) is 3.96. The fourth-order valence-electron chi connectivity index (χ4n) is 1.39. The zero-order valence-corrected chi connectivity index (χ0v) is 9.02. The van der Waals surface area contributed by atoms with E-state index < -0.39 is 0 Å². The quantitative estimate of drug-likeness (QED) is 0.381. The number of allylic oxidation sites excluding steroid dienone is 1. The first kappa shape index (κ1) is 10.1. The Balaban J connectivity index is 2.35. The molecule has 0 saturated heterocycles. The highest BCUT2D eigenvalue weighted by Gasteiger charge is 2.20. The van der Waals surface area contributed by atoms with Gasteiger partial charge in [-0.05, 0) is 19.1 Å². The first-order chi connectivity index (χ1) is 7.22. The molecule has 0 fully saturated rings. The van der Waals surface area contributed by atoms with Gasteiger partial charge in [0.15, 0.2) is 0 Å². The first-order valence-corrected chi connectivity index (χ1v) is 5.29. The number of thioether (sulfide) groups is 1. The van der Waals surface area contributed by atoms with Crippen molar-refractivity contribution in [2.45, 2.75) is 11.8 Å². The molecule has 1 aromatic rings. The average Bonchev–Trinajstić information content (AvgIpc) is 2.27. The number of hydrogen-bond acceptors (Lipinski definition) is 4. The summed E-state index contributed by atoms with van der Waals surface area (Å²) in [7, 11) is 0. The van der Waals surface area contributed by atoms with Gasteiger partial charge in [-0.1, -0.05) is 23.9 Å². The SMILES string of the molecule is CC1=C(C(=O)NN)Sc2ccccc2N1. The fraction of sp³-hybridized carbons (Fsp3) is 0.100. The number of carbonyl (C=O) groups excluding carboxylic acids is 1. The second-order valence-corrected chi connectivity index (χ2v) is 4.20. The predicted octanol–water partition coefficient (Wildman–Crippen LogP) is 1.43. The summed E-state index contributed by atoms with van der Waals surface area (Å²) in [6.45, 7) is 1.85. The molecule has 1 aromatic carbocycles. The molecule has 0 aliphatic carbocycles. The van der Waals surface area contributed by atoms with E-state index in [4.69, 9.17) is 5.84 Å². The van der Waals surface area contributed by atoms with E-state index in [1.807, 2.05) is 31.2 Å². The Bertz CT molecular complexity index is 442. The maximum Gasteiger partial charge on any atom is 0.273 e. The molecule has 0 aromatic heterocycles. The molecule has 4 nitrogen and oxygen atoms in total. The molecular weight excluding hydrogens is 210 g/mol. The standard InChI is InChI=1S/C10H11N3OS/c1-6-9(10(14)13-11)15-8-5-3-2-4-7(8)12-6/h2-5,12H,11H2,1H3,(H,13,14). The van der Waals surface area contributed by atoms with Gasteiger partial charge in [-0.15, -0.1) is 0 Å². The van der Waals surface area contributed by atoms with Crippen molar-refractivity contribution in [3.63, 3.8) is 0 Å². The van der Waals surface area contributed by atoms with Crippen LogP contribution in [0.25, 0.3) is 0 Å². The van der Waals surface area contributed by atoms with Crippen LogP contribution in [-0.2, 0) is 4.79 Å². The number of hydrazine groups is 1.